The maximum Gasteiger partial charge on any atom is 0.273 e. The molecule has 0 atom stereocenters. The minimum Gasteiger partial charge on any atom is -0.495 e. The molecular formula is C19H20N4O5S. The summed E-state index contributed by atoms with van der Waals surface area (Å²) in [4.78, 5) is 10.1. The Morgan fingerprint density at radius 2 is 1.93 bits per heavy atom. The van der Waals surface area contributed by atoms with Crippen molar-refractivity contribution in [3.63, 3.8) is 0 Å². The number of nitrogens with zero attached hydrogens (tertiary/aromatic N) is 3. The second kappa shape index (κ2) is 7.92. The van der Waals surface area contributed by atoms with Crippen LogP contribution in [0.5, 0.6) is 5.75 Å². The van der Waals surface area contributed by atoms with Gasteiger partial charge in [-0.2, -0.15) is 5.10 Å². The number of nitrogens with one attached hydrogen (secondary N) is 1. The highest BCUT2D eigenvalue weighted by atomic mass is 32.2. The van der Waals surface area contributed by atoms with Gasteiger partial charge in [0.15, 0.2) is 0 Å². The van der Waals surface area contributed by atoms with E-state index in [4.69, 9.17) is 4.74 Å². The van der Waals surface area contributed by atoms with Gasteiger partial charge in [0.25, 0.3) is 15.7 Å². The second-order valence-electron chi connectivity index (χ2n) is 6.48. The normalized spacial score (nSPS) is 11.3. The molecule has 0 amide bonds. The number of nitro benzene ring substituents is 1. The minimum absolute atomic E-state index is 0.106. The van der Waals surface area contributed by atoms with Crippen molar-refractivity contribution in [2.45, 2.75) is 25.3 Å². The number of hydrogen-bond acceptors (Lipinski definition) is 6. The Morgan fingerprint density at radius 3 is 2.55 bits per heavy atom. The standard InChI is InChI=1S/C19H20N4O5S/c1-13-9-14(2)22(20-13)12-15-5-4-6-16(10-15)21-29(26,27)19-8-7-17(23(24)25)11-18(19)28-3/h4-11,21H,12H2,1-3H3. The lowest BCUT2D eigenvalue weighted by molar-refractivity contribution is -0.385. The van der Waals surface area contributed by atoms with E-state index in [2.05, 4.69) is 9.82 Å². The maximum atomic E-state index is 12.8. The Balaban J connectivity index is 1.87. The van der Waals surface area contributed by atoms with Gasteiger partial charge in [0, 0.05) is 17.4 Å². The van der Waals surface area contributed by atoms with Crippen molar-refractivity contribution in [1.29, 1.82) is 0 Å². The lowest BCUT2D eigenvalue weighted by Crippen LogP contribution is -2.14. The number of aromatic nitrogens is 2. The molecule has 0 saturated heterocycles. The first-order chi connectivity index (χ1) is 13.7. The SMILES string of the molecule is COc1cc([N+](=O)[O-])ccc1S(=O)(=O)Nc1cccc(Cn2nc(C)cc2C)c1. The van der Waals surface area contributed by atoms with E-state index in [9.17, 15) is 18.5 Å². The van der Waals surface area contributed by atoms with Crippen molar-refractivity contribution in [1.82, 2.24) is 9.78 Å². The quantitative estimate of drug-likeness (QED) is 0.467. The minimum atomic E-state index is -4.01. The van der Waals surface area contributed by atoms with Crippen LogP contribution in [-0.4, -0.2) is 30.2 Å². The largest absolute Gasteiger partial charge is 0.495 e. The molecule has 10 heteroatoms. The van der Waals surface area contributed by atoms with E-state index in [1.165, 1.54) is 7.11 Å². The van der Waals surface area contributed by atoms with E-state index < -0.39 is 14.9 Å². The van der Waals surface area contributed by atoms with Crippen molar-refractivity contribution in [2.24, 2.45) is 0 Å². The van der Waals surface area contributed by atoms with Gasteiger partial charge in [-0.1, -0.05) is 12.1 Å². The molecule has 29 heavy (non-hydrogen) atoms. The summed E-state index contributed by atoms with van der Waals surface area (Å²) in [6, 6.07) is 12.3. The van der Waals surface area contributed by atoms with Crippen LogP contribution in [-0.2, 0) is 16.6 Å². The summed E-state index contributed by atoms with van der Waals surface area (Å²) in [6.45, 7) is 4.36. The number of nitro groups is 1. The molecule has 0 fully saturated rings. The molecular weight excluding hydrogens is 396 g/mol. The number of rotatable bonds is 7. The summed E-state index contributed by atoms with van der Waals surface area (Å²) in [7, 11) is -2.76. The van der Waals surface area contributed by atoms with Crippen LogP contribution in [0.15, 0.2) is 53.4 Å². The number of aryl methyl sites for hydroxylation is 2. The zero-order valence-electron chi connectivity index (χ0n) is 16.1. The van der Waals surface area contributed by atoms with Crippen LogP contribution in [0, 0.1) is 24.0 Å². The summed E-state index contributed by atoms with van der Waals surface area (Å²) >= 11 is 0. The Bertz CT molecular complexity index is 1170. The van der Waals surface area contributed by atoms with Crippen LogP contribution < -0.4 is 9.46 Å². The van der Waals surface area contributed by atoms with E-state index in [0.29, 0.717) is 12.2 Å². The van der Waals surface area contributed by atoms with Crippen LogP contribution in [0.1, 0.15) is 17.0 Å². The zero-order chi connectivity index (χ0) is 21.2. The van der Waals surface area contributed by atoms with Crippen molar-refractivity contribution in [3.05, 3.63) is 75.6 Å². The molecule has 152 valence electrons. The molecule has 0 aliphatic rings. The van der Waals surface area contributed by atoms with Gasteiger partial charge in [0.2, 0.25) is 0 Å². The fourth-order valence-corrected chi connectivity index (χ4v) is 4.14. The molecule has 0 radical (unpaired) electrons. The van der Waals surface area contributed by atoms with E-state index in [1.807, 2.05) is 30.7 Å². The van der Waals surface area contributed by atoms with Crippen molar-refractivity contribution >= 4 is 21.4 Å². The van der Waals surface area contributed by atoms with Gasteiger partial charge in [-0.25, -0.2) is 8.42 Å². The fraction of sp³-hybridized carbons (Fsp3) is 0.211. The lowest BCUT2D eigenvalue weighted by atomic mass is 10.2. The average molecular weight is 416 g/mol. The molecule has 0 aliphatic heterocycles. The van der Waals surface area contributed by atoms with Crippen LogP contribution in [0.2, 0.25) is 0 Å². The summed E-state index contributed by atoms with van der Waals surface area (Å²) < 4.78 is 35.0. The summed E-state index contributed by atoms with van der Waals surface area (Å²) in [5.74, 6) is -0.106. The summed E-state index contributed by atoms with van der Waals surface area (Å²) in [6.07, 6.45) is 0. The average Bonchev–Trinajstić information content (AvgIpc) is 2.97. The Morgan fingerprint density at radius 1 is 1.17 bits per heavy atom. The highest BCUT2D eigenvalue weighted by Crippen LogP contribution is 2.30. The number of benzene rings is 2. The first-order valence-electron chi connectivity index (χ1n) is 8.65. The van der Waals surface area contributed by atoms with Crippen LogP contribution in [0.4, 0.5) is 11.4 Å². The number of hydrogen-bond donors (Lipinski definition) is 1. The van der Waals surface area contributed by atoms with Crippen LogP contribution in [0.3, 0.4) is 0 Å². The molecule has 0 spiro atoms. The first kappa shape index (κ1) is 20.3. The predicted molar refractivity (Wildman–Crippen MR) is 108 cm³/mol. The Kier molecular flexibility index (Phi) is 5.55. The number of methoxy groups -OCH3 is 1. The summed E-state index contributed by atoms with van der Waals surface area (Å²) in [5.41, 5.74) is 2.89. The van der Waals surface area contributed by atoms with E-state index >= 15 is 0 Å². The van der Waals surface area contributed by atoms with E-state index in [1.54, 1.807) is 18.2 Å². The summed E-state index contributed by atoms with van der Waals surface area (Å²) in [5, 5.41) is 15.3. The highest BCUT2D eigenvalue weighted by Gasteiger charge is 2.22. The van der Waals surface area contributed by atoms with Gasteiger partial charge in [0.1, 0.15) is 10.6 Å². The van der Waals surface area contributed by atoms with Gasteiger partial charge in [-0.05, 0) is 43.7 Å². The van der Waals surface area contributed by atoms with Gasteiger partial charge in [-0.15, -0.1) is 0 Å². The molecule has 0 bridgehead atoms. The molecule has 1 heterocycles. The van der Waals surface area contributed by atoms with E-state index in [-0.39, 0.29) is 16.3 Å². The third-order valence-electron chi connectivity index (χ3n) is 4.26. The van der Waals surface area contributed by atoms with Gasteiger partial charge in [0.05, 0.1) is 30.3 Å². The smallest absolute Gasteiger partial charge is 0.273 e. The zero-order valence-corrected chi connectivity index (χ0v) is 16.9. The van der Waals surface area contributed by atoms with Gasteiger partial charge < -0.3 is 4.74 Å². The molecule has 9 nitrogen and oxygen atoms in total. The van der Waals surface area contributed by atoms with E-state index in [0.717, 1.165) is 35.2 Å². The lowest BCUT2D eigenvalue weighted by Gasteiger charge is -2.12. The molecule has 1 N–H and O–H groups in total. The molecule has 3 rings (SSSR count). The fourth-order valence-electron chi connectivity index (χ4n) is 2.94. The Hall–Kier alpha value is -3.40. The molecule has 3 aromatic rings. The Labute approximate surface area is 168 Å². The van der Waals surface area contributed by atoms with Gasteiger partial charge in [-0.3, -0.25) is 19.5 Å². The maximum absolute atomic E-state index is 12.8. The number of ether oxygens (including phenoxy) is 1. The monoisotopic (exact) mass is 416 g/mol. The molecule has 0 aliphatic carbocycles. The molecule has 1 aromatic heterocycles. The van der Waals surface area contributed by atoms with Crippen molar-refractivity contribution in [2.75, 3.05) is 11.8 Å². The number of anilines is 1. The molecule has 0 unspecified atom stereocenters. The van der Waals surface area contributed by atoms with Crippen LogP contribution in [0.25, 0.3) is 0 Å². The topological polar surface area (TPSA) is 116 Å². The van der Waals surface area contributed by atoms with Gasteiger partial charge >= 0.3 is 0 Å². The number of sulfonamides is 1. The first-order valence-corrected chi connectivity index (χ1v) is 10.1. The number of non-ortho nitro benzene ring substituents is 1. The van der Waals surface area contributed by atoms with Crippen molar-refractivity contribution in [3.8, 4) is 5.75 Å². The second-order valence-corrected chi connectivity index (χ2v) is 8.13. The van der Waals surface area contributed by atoms with Crippen LogP contribution >= 0.6 is 0 Å². The van der Waals surface area contributed by atoms with Crippen molar-refractivity contribution < 1.29 is 18.1 Å². The third kappa shape index (κ3) is 4.54. The molecule has 0 saturated carbocycles. The third-order valence-corrected chi connectivity index (χ3v) is 5.68. The predicted octanol–water partition coefficient (Wildman–Crippen LogP) is 3.27. The molecule has 2 aromatic carbocycles. The highest BCUT2D eigenvalue weighted by molar-refractivity contribution is 7.92.